The second kappa shape index (κ2) is 2.44. The number of nitrogens with two attached hydrogens (primary N) is 1. The fraction of sp³-hybridized carbons (Fsp3) is 0.333. The Morgan fingerprint density at radius 1 is 1.82 bits per heavy atom. The largest absolute Gasteiger partial charge is 0.357 e. The van der Waals surface area contributed by atoms with E-state index in [0.717, 1.165) is 4.68 Å². The van der Waals surface area contributed by atoms with E-state index in [9.17, 15) is 5.11 Å². The van der Waals surface area contributed by atoms with Gasteiger partial charge in [-0.25, -0.2) is 4.68 Å². The van der Waals surface area contributed by atoms with Crippen LogP contribution in [0.25, 0.3) is 0 Å². The van der Waals surface area contributed by atoms with Crippen LogP contribution in [0.3, 0.4) is 0 Å². The zero-order chi connectivity index (χ0) is 8.48. The highest BCUT2D eigenvalue weighted by Crippen LogP contribution is 1.94. The Hall–Kier alpha value is -1.20. The van der Waals surface area contributed by atoms with Crippen LogP contribution in [-0.4, -0.2) is 14.9 Å². The molecule has 0 saturated heterocycles. The standard InChI is InChI=1S/C6H10N4O/c1-6(8,11)10-5(7)3-2-4-9-10/h2-4,7,11H,8H2,1H3. The van der Waals surface area contributed by atoms with Crippen molar-refractivity contribution in [2.45, 2.75) is 12.8 Å². The van der Waals surface area contributed by atoms with Gasteiger partial charge in [-0.05, 0) is 19.1 Å². The third-order valence-electron chi connectivity index (χ3n) is 1.18. The Labute approximate surface area is 63.6 Å². The molecule has 0 amide bonds. The van der Waals surface area contributed by atoms with E-state index in [2.05, 4.69) is 5.10 Å². The first-order valence-electron chi connectivity index (χ1n) is 3.12. The minimum Gasteiger partial charge on any atom is -0.357 e. The van der Waals surface area contributed by atoms with Crippen molar-refractivity contribution in [1.82, 2.24) is 9.78 Å². The van der Waals surface area contributed by atoms with Crippen LogP contribution in [0.5, 0.6) is 0 Å². The van der Waals surface area contributed by atoms with Gasteiger partial charge in [-0.1, -0.05) is 0 Å². The van der Waals surface area contributed by atoms with Crippen LogP contribution in [0, 0.1) is 5.41 Å². The van der Waals surface area contributed by atoms with E-state index in [-0.39, 0.29) is 5.49 Å². The van der Waals surface area contributed by atoms with Crippen molar-refractivity contribution in [1.29, 1.82) is 5.41 Å². The number of nitrogens with one attached hydrogen (secondary N) is 1. The summed E-state index contributed by atoms with van der Waals surface area (Å²) >= 11 is 0. The van der Waals surface area contributed by atoms with Crippen LogP contribution < -0.4 is 11.2 Å². The summed E-state index contributed by atoms with van der Waals surface area (Å²) in [7, 11) is 0. The van der Waals surface area contributed by atoms with Gasteiger partial charge in [0.1, 0.15) is 5.49 Å². The van der Waals surface area contributed by atoms with E-state index in [1.165, 1.54) is 19.2 Å². The van der Waals surface area contributed by atoms with E-state index >= 15 is 0 Å². The third-order valence-corrected chi connectivity index (χ3v) is 1.18. The van der Waals surface area contributed by atoms with Crippen molar-refractivity contribution in [2.24, 2.45) is 5.73 Å². The van der Waals surface area contributed by atoms with Gasteiger partial charge >= 0.3 is 0 Å². The zero-order valence-corrected chi connectivity index (χ0v) is 6.15. The van der Waals surface area contributed by atoms with E-state index in [4.69, 9.17) is 11.1 Å². The smallest absolute Gasteiger partial charge is 0.211 e. The molecule has 1 atom stereocenters. The maximum atomic E-state index is 9.23. The Morgan fingerprint density at radius 2 is 2.45 bits per heavy atom. The molecule has 0 radical (unpaired) electrons. The monoisotopic (exact) mass is 154 g/mol. The summed E-state index contributed by atoms with van der Waals surface area (Å²) in [5, 5.41) is 20.2. The molecule has 0 aliphatic heterocycles. The number of aliphatic hydroxyl groups is 1. The van der Waals surface area contributed by atoms with Gasteiger partial charge in [-0.15, -0.1) is 0 Å². The number of hydrogen-bond acceptors (Lipinski definition) is 4. The number of rotatable bonds is 1. The van der Waals surface area contributed by atoms with Gasteiger partial charge in [0.2, 0.25) is 5.85 Å². The summed E-state index contributed by atoms with van der Waals surface area (Å²) in [5.74, 6) is -1.60. The molecule has 5 nitrogen and oxygen atoms in total. The minimum absolute atomic E-state index is 0.0694. The van der Waals surface area contributed by atoms with Gasteiger partial charge in [0.25, 0.3) is 0 Å². The fourth-order valence-corrected chi connectivity index (χ4v) is 0.733. The first-order chi connectivity index (χ1) is 5.02. The molecule has 1 rings (SSSR count). The Balaban J connectivity index is 3.26. The minimum atomic E-state index is -1.60. The van der Waals surface area contributed by atoms with Crippen molar-refractivity contribution in [2.75, 3.05) is 0 Å². The van der Waals surface area contributed by atoms with E-state index in [1.807, 2.05) is 0 Å². The van der Waals surface area contributed by atoms with Crippen LogP contribution >= 0.6 is 0 Å². The summed E-state index contributed by atoms with van der Waals surface area (Å²) < 4.78 is 1.02. The summed E-state index contributed by atoms with van der Waals surface area (Å²) in [4.78, 5) is 0. The first-order valence-corrected chi connectivity index (χ1v) is 3.12. The molecule has 0 aromatic carbocycles. The molecular formula is C6H10N4O. The van der Waals surface area contributed by atoms with Crippen LogP contribution in [0.4, 0.5) is 0 Å². The van der Waals surface area contributed by atoms with Crippen molar-refractivity contribution >= 4 is 0 Å². The predicted molar refractivity (Wildman–Crippen MR) is 38.1 cm³/mol. The van der Waals surface area contributed by atoms with Gasteiger partial charge in [-0.3, -0.25) is 11.1 Å². The molecule has 1 aromatic heterocycles. The van der Waals surface area contributed by atoms with E-state index in [0.29, 0.717) is 0 Å². The molecule has 1 aromatic rings. The number of hydrogen-bond donors (Lipinski definition) is 3. The number of aromatic nitrogens is 2. The first kappa shape index (κ1) is 7.90. The Morgan fingerprint density at radius 3 is 2.82 bits per heavy atom. The molecule has 5 heteroatoms. The van der Waals surface area contributed by atoms with Crippen LogP contribution in [-0.2, 0) is 5.85 Å². The van der Waals surface area contributed by atoms with Gasteiger partial charge < -0.3 is 5.11 Å². The Bertz CT molecular complexity index is 298. The van der Waals surface area contributed by atoms with Gasteiger partial charge in [0.05, 0.1) is 0 Å². The highest BCUT2D eigenvalue weighted by atomic mass is 16.3. The molecule has 0 aliphatic carbocycles. The SMILES string of the molecule is CC(N)(O)n1ncccc1=N. The molecule has 0 bridgehead atoms. The molecule has 0 saturated carbocycles. The highest BCUT2D eigenvalue weighted by Gasteiger charge is 2.15. The highest BCUT2D eigenvalue weighted by molar-refractivity contribution is 4.84. The van der Waals surface area contributed by atoms with Gasteiger partial charge in [-0.2, -0.15) is 5.10 Å². The lowest BCUT2D eigenvalue weighted by atomic mass is 10.5. The fourth-order valence-electron chi connectivity index (χ4n) is 0.733. The molecule has 1 unspecified atom stereocenters. The van der Waals surface area contributed by atoms with Gasteiger partial charge in [0.15, 0.2) is 0 Å². The molecule has 0 aliphatic rings. The van der Waals surface area contributed by atoms with Crippen molar-refractivity contribution in [3.05, 3.63) is 23.8 Å². The average Bonchev–Trinajstić information content (AvgIpc) is 1.86. The van der Waals surface area contributed by atoms with E-state index in [1.54, 1.807) is 6.07 Å². The molecule has 11 heavy (non-hydrogen) atoms. The summed E-state index contributed by atoms with van der Waals surface area (Å²) in [6.45, 7) is 1.36. The predicted octanol–water partition coefficient (Wildman–Crippen LogP) is -1.06. The zero-order valence-electron chi connectivity index (χ0n) is 6.15. The summed E-state index contributed by atoms with van der Waals surface area (Å²) in [6, 6.07) is 3.10. The third kappa shape index (κ3) is 1.63. The molecule has 60 valence electrons. The second-order valence-corrected chi connectivity index (χ2v) is 2.41. The van der Waals surface area contributed by atoms with Crippen molar-refractivity contribution < 1.29 is 5.11 Å². The molecule has 4 N–H and O–H groups in total. The summed E-state index contributed by atoms with van der Waals surface area (Å²) in [5.41, 5.74) is 5.36. The van der Waals surface area contributed by atoms with Crippen LogP contribution in [0.2, 0.25) is 0 Å². The molecule has 0 spiro atoms. The van der Waals surface area contributed by atoms with E-state index < -0.39 is 5.85 Å². The van der Waals surface area contributed by atoms with Crippen LogP contribution in [0.1, 0.15) is 6.92 Å². The Kier molecular flexibility index (Phi) is 1.76. The van der Waals surface area contributed by atoms with Gasteiger partial charge in [0, 0.05) is 6.20 Å². The molecule has 0 fully saturated rings. The summed E-state index contributed by atoms with van der Waals surface area (Å²) in [6.07, 6.45) is 1.46. The van der Waals surface area contributed by atoms with Crippen molar-refractivity contribution in [3.8, 4) is 0 Å². The quantitative estimate of drug-likeness (QED) is 0.451. The number of nitrogens with zero attached hydrogens (tertiary/aromatic N) is 2. The van der Waals surface area contributed by atoms with Crippen molar-refractivity contribution in [3.63, 3.8) is 0 Å². The normalized spacial score (nSPS) is 15.9. The molecular weight excluding hydrogens is 144 g/mol. The average molecular weight is 154 g/mol. The lowest BCUT2D eigenvalue weighted by Crippen LogP contribution is -2.47. The topological polar surface area (TPSA) is 87.9 Å². The lowest BCUT2D eigenvalue weighted by Gasteiger charge is -2.18. The lowest BCUT2D eigenvalue weighted by molar-refractivity contribution is -0.0294. The molecule has 1 heterocycles. The maximum absolute atomic E-state index is 9.23. The second-order valence-electron chi connectivity index (χ2n) is 2.41. The van der Waals surface area contributed by atoms with Crippen LogP contribution in [0.15, 0.2) is 18.3 Å². The maximum Gasteiger partial charge on any atom is 0.211 e.